The van der Waals surface area contributed by atoms with Gasteiger partial charge in [-0.15, -0.1) is 0 Å². The predicted molar refractivity (Wildman–Crippen MR) is 59.7 cm³/mol. The summed E-state index contributed by atoms with van der Waals surface area (Å²) < 4.78 is 27.2. The number of sulfonamides is 1. The van der Waals surface area contributed by atoms with Crippen molar-refractivity contribution in [3.05, 3.63) is 11.2 Å². The van der Waals surface area contributed by atoms with Crippen LogP contribution in [0.4, 0.5) is 0 Å². The minimum Gasteiger partial charge on any atom is -0.396 e. The van der Waals surface area contributed by atoms with E-state index in [-0.39, 0.29) is 29.1 Å². The summed E-state index contributed by atoms with van der Waals surface area (Å²) in [5.74, 6) is -0.151. The van der Waals surface area contributed by atoms with Gasteiger partial charge in [-0.1, -0.05) is 18.5 Å². The van der Waals surface area contributed by atoms with E-state index in [4.69, 9.17) is 16.7 Å². The van der Waals surface area contributed by atoms with Crippen molar-refractivity contribution in [2.75, 3.05) is 13.2 Å². The summed E-state index contributed by atoms with van der Waals surface area (Å²) in [4.78, 5) is 0. The number of nitrogens with one attached hydrogen (secondary N) is 1. The van der Waals surface area contributed by atoms with Gasteiger partial charge >= 0.3 is 0 Å². The molecule has 2 N–H and O–H groups in total. The van der Waals surface area contributed by atoms with E-state index in [9.17, 15) is 8.42 Å². The minimum absolute atomic E-state index is 0.0701. The van der Waals surface area contributed by atoms with E-state index in [0.717, 1.165) is 0 Å². The summed E-state index contributed by atoms with van der Waals surface area (Å²) in [5.41, 5.74) is 0. The molecule has 1 heterocycles. The molecule has 0 saturated carbocycles. The summed E-state index contributed by atoms with van der Waals surface area (Å²) >= 11 is 5.73. The lowest BCUT2D eigenvalue weighted by molar-refractivity contribution is 0.238. The summed E-state index contributed by atoms with van der Waals surface area (Å²) in [6.45, 7) is 1.80. The van der Waals surface area contributed by atoms with Gasteiger partial charge in [0.25, 0.3) is 10.0 Å². The van der Waals surface area contributed by atoms with Crippen LogP contribution in [-0.2, 0) is 17.1 Å². The number of hydrogen-bond donors (Lipinski definition) is 2. The Morgan fingerprint density at radius 1 is 1.69 bits per heavy atom. The van der Waals surface area contributed by atoms with Crippen molar-refractivity contribution >= 4 is 21.6 Å². The highest BCUT2D eigenvalue weighted by molar-refractivity contribution is 7.89. The van der Waals surface area contributed by atoms with Gasteiger partial charge in [-0.05, 0) is 5.92 Å². The Hall–Kier alpha value is -0.630. The third-order valence-corrected chi connectivity index (χ3v) is 3.96. The van der Waals surface area contributed by atoms with Crippen molar-refractivity contribution in [2.24, 2.45) is 13.0 Å². The molecule has 1 aromatic heterocycles. The molecule has 0 saturated heterocycles. The molecule has 6 nitrogen and oxygen atoms in total. The van der Waals surface area contributed by atoms with Crippen molar-refractivity contribution < 1.29 is 13.5 Å². The SMILES string of the molecule is CC(CO)CNS(=O)(=O)c1c(Cl)cnn1C. The monoisotopic (exact) mass is 267 g/mol. The molecule has 0 fully saturated rings. The number of aliphatic hydroxyl groups is 1. The van der Waals surface area contributed by atoms with Crippen LogP contribution in [-0.4, -0.2) is 36.5 Å². The third-order valence-electron chi connectivity index (χ3n) is 2.03. The molecular weight excluding hydrogens is 254 g/mol. The number of aliphatic hydroxyl groups excluding tert-OH is 1. The van der Waals surface area contributed by atoms with E-state index in [0.29, 0.717) is 0 Å². The Balaban J connectivity index is 2.87. The first-order valence-corrected chi connectivity index (χ1v) is 6.52. The predicted octanol–water partition coefficient (Wildman–Crippen LogP) is -0.0198. The molecule has 0 aliphatic rings. The van der Waals surface area contributed by atoms with Gasteiger partial charge in [0.2, 0.25) is 0 Å². The van der Waals surface area contributed by atoms with Crippen LogP contribution in [0.3, 0.4) is 0 Å². The van der Waals surface area contributed by atoms with E-state index >= 15 is 0 Å². The van der Waals surface area contributed by atoms with Crippen LogP contribution in [0.1, 0.15) is 6.92 Å². The van der Waals surface area contributed by atoms with Gasteiger partial charge in [0.15, 0.2) is 5.03 Å². The quantitative estimate of drug-likeness (QED) is 0.785. The topological polar surface area (TPSA) is 84.2 Å². The third kappa shape index (κ3) is 2.94. The summed E-state index contributed by atoms with van der Waals surface area (Å²) in [6, 6.07) is 0. The van der Waals surface area contributed by atoms with Crippen molar-refractivity contribution in [3.8, 4) is 0 Å². The zero-order valence-corrected chi connectivity index (χ0v) is 10.6. The normalized spacial score (nSPS) is 14.0. The van der Waals surface area contributed by atoms with Gasteiger partial charge in [-0.2, -0.15) is 5.10 Å². The summed E-state index contributed by atoms with van der Waals surface area (Å²) in [5, 5.41) is 12.5. The van der Waals surface area contributed by atoms with Crippen molar-refractivity contribution in [1.82, 2.24) is 14.5 Å². The van der Waals surface area contributed by atoms with Crippen LogP contribution >= 0.6 is 11.6 Å². The summed E-state index contributed by atoms with van der Waals surface area (Å²) in [6.07, 6.45) is 1.27. The standard InChI is InChI=1S/C8H14ClN3O3S/c1-6(5-13)3-11-16(14,15)8-7(9)4-10-12(8)2/h4,6,11,13H,3,5H2,1-2H3. The Morgan fingerprint density at radius 3 is 2.75 bits per heavy atom. The first kappa shape index (κ1) is 13.4. The van der Waals surface area contributed by atoms with Gasteiger partial charge < -0.3 is 5.11 Å². The second kappa shape index (κ2) is 5.13. The highest BCUT2D eigenvalue weighted by atomic mass is 35.5. The second-order valence-electron chi connectivity index (χ2n) is 3.56. The largest absolute Gasteiger partial charge is 0.396 e. The van der Waals surface area contributed by atoms with Gasteiger partial charge in [0, 0.05) is 20.2 Å². The maximum absolute atomic E-state index is 11.8. The van der Waals surface area contributed by atoms with Crippen LogP contribution in [0.15, 0.2) is 11.2 Å². The number of rotatable bonds is 5. The maximum Gasteiger partial charge on any atom is 0.259 e. The smallest absolute Gasteiger partial charge is 0.259 e. The molecule has 0 aromatic carbocycles. The van der Waals surface area contributed by atoms with Gasteiger partial charge in [-0.25, -0.2) is 13.1 Å². The van der Waals surface area contributed by atoms with Crippen LogP contribution in [0, 0.1) is 5.92 Å². The molecule has 0 spiro atoms. The molecule has 1 atom stereocenters. The lowest BCUT2D eigenvalue weighted by atomic mass is 10.2. The fourth-order valence-electron chi connectivity index (χ4n) is 1.09. The Labute approximate surface area is 99.3 Å². The number of halogens is 1. The molecule has 0 amide bonds. The van der Waals surface area contributed by atoms with Crippen LogP contribution in [0.5, 0.6) is 0 Å². The fourth-order valence-corrected chi connectivity index (χ4v) is 2.90. The zero-order chi connectivity index (χ0) is 12.3. The Bertz CT molecular complexity index is 438. The fraction of sp³-hybridized carbons (Fsp3) is 0.625. The highest BCUT2D eigenvalue weighted by Crippen LogP contribution is 2.19. The van der Waals surface area contributed by atoms with Gasteiger partial charge in [-0.3, -0.25) is 4.68 Å². The molecule has 0 bridgehead atoms. The zero-order valence-electron chi connectivity index (χ0n) is 9.01. The molecule has 8 heteroatoms. The van der Waals surface area contributed by atoms with Crippen molar-refractivity contribution in [3.63, 3.8) is 0 Å². The molecular formula is C8H14ClN3O3S. The lowest BCUT2D eigenvalue weighted by Crippen LogP contribution is -2.31. The molecule has 1 rings (SSSR count). The van der Waals surface area contributed by atoms with E-state index in [1.165, 1.54) is 17.9 Å². The number of aromatic nitrogens is 2. The highest BCUT2D eigenvalue weighted by Gasteiger charge is 2.22. The van der Waals surface area contributed by atoms with Crippen molar-refractivity contribution in [2.45, 2.75) is 11.9 Å². The van der Waals surface area contributed by atoms with E-state index in [2.05, 4.69) is 9.82 Å². The van der Waals surface area contributed by atoms with Crippen LogP contribution < -0.4 is 4.72 Å². The van der Waals surface area contributed by atoms with E-state index in [1.54, 1.807) is 6.92 Å². The second-order valence-corrected chi connectivity index (χ2v) is 5.65. The molecule has 1 unspecified atom stereocenters. The number of aryl methyl sites for hydroxylation is 1. The Morgan fingerprint density at radius 2 is 2.31 bits per heavy atom. The summed E-state index contributed by atoms with van der Waals surface area (Å²) in [7, 11) is -2.18. The number of hydrogen-bond acceptors (Lipinski definition) is 4. The average Bonchev–Trinajstić information content (AvgIpc) is 2.55. The first-order valence-electron chi connectivity index (χ1n) is 4.66. The van der Waals surface area contributed by atoms with E-state index < -0.39 is 10.0 Å². The molecule has 0 aliphatic carbocycles. The van der Waals surface area contributed by atoms with Crippen LogP contribution in [0.2, 0.25) is 5.02 Å². The molecule has 0 aliphatic heterocycles. The van der Waals surface area contributed by atoms with Crippen molar-refractivity contribution in [1.29, 1.82) is 0 Å². The molecule has 0 radical (unpaired) electrons. The Kier molecular flexibility index (Phi) is 4.31. The average molecular weight is 268 g/mol. The minimum atomic E-state index is -3.68. The van der Waals surface area contributed by atoms with Crippen LogP contribution in [0.25, 0.3) is 0 Å². The van der Waals surface area contributed by atoms with Gasteiger partial charge in [0.1, 0.15) is 0 Å². The lowest BCUT2D eigenvalue weighted by Gasteiger charge is -2.10. The molecule has 92 valence electrons. The van der Waals surface area contributed by atoms with E-state index in [1.807, 2.05) is 0 Å². The maximum atomic E-state index is 11.8. The first-order chi connectivity index (χ1) is 7.38. The molecule has 1 aromatic rings. The molecule has 16 heavy (non-hydrogen) atoms. The number of nitrogens with zero attached hydrogens (tertiary/aromatic N) is 2. The van der Waals surface area contributed by atoms with Gasteiger partial charge in [0.05, 0.1) is 11.2 Å².